The number of aliphatic carboxylic acids is 1. The summed E-state index contributed by atoms with van der Waals surface area (Å²) in [6, 6.07) is 4.57. The molecule has 34 heavy (non-hydrogen) atoms. The van der Waals surface area contributed by atoms with Crippen molar-refractivity contribution in [3.63, 3.8) is 0 Å². The standard InChI is InChI=1S/C24H37N3O6S/c1-6-17(5)21(26-34(32,33)19-9-7-16(4)8-10-19)23(29)27-13-11-18(12-14-27)22(28)25-20(15(2)3)24(30)31/h7-10,15,17-18,20-21,26H,6,11-14H2,1-5H3,(H,25,28)(H,30,31)/t17-,20-,21-/m0/s1. The monoisotopic (exact) mass is 495 g/mol. The molecule has 0 bridgehead atoms. The van der Waals surface area contributed by atoms with Gasteiger partial charge in [0.15, 0.2) is 0 Å². The Hall–Kier alpha value is -2.46. The number of benzene rings is 1. The number of carboxylic acids is 1. The van der Waals surface area contributed by atoms with Crippen LogP contribution < -0.4 is 10.0 Å². The van der Waals surface area contributed by atoms with E-state index in [1.165, 1.54) is 12.1 Å². The Morgan fingerprint density at radius 1 is 1.06 bits per heavy atom. The fourth-order valence-corrected chi connectivity index (χ4v) is 5.24. The van der Waals surface area contributed by atoms with Crippen LogP contribution in [0.15, 0.2) is 29.2 Å². The molecule has 10 heteroatoms. The van der Waals surface area contributed by atoms with Gasteiger partial charge in [0, 0.05) is 19.0 Å². The summed E-state index contributed by atoms with van der Waals surface area (Å²) in [6.07, 6.45) is 1.39. The van der Waals surface area contributed by atoms with Crippen molar-refractivity contribution in [1.82, 2.24) is 14.9 Å². The first-order valence-corrected chi connectivity index (χ1v) is 13.3. The van der Waals surface area contributed by atoms with E-state index in [0.29, 0.717) is 32.4 Å². The summed E-state index contributed by atoms with van der Waals surface area (Å²) in [7, 11) is -3.89. The van der Waals surface area contributed by atoms with Crippen molar-refractivity contribution in [1.29, 1.82) is 0 Å². The first-order chi connectivity index (χ1) is 15.9. The molecule has 1 aromatic carbocycles. The van der Waals surface area contributed by atoms with E-state index in [2.05, 4.69) is 10.0 Å². The number of carbonyl (C=O) groups is 3. The van der Waals surface area contributed by atoms with Gasteiger partial charge < -0.3 is 15.3 Å². The number of sulfonamides is 1. The Kier molecular flexibility index (Phi) is 9.64. The van der Waals surface area contributed by atoms with Gasteiger partial charge in [-0.05, 0) is 43.7 Å². The topological polar surface area (TPSA) is 133 Å². The van der Waals surface area contributed by atoms with Crippen molar-refractivity contribution < 1.29 is 27.9 Å². The molecule has 1 saturated heterocycles. The molecular formula is C24H37N3O6S. The fraction of sp³-hybridized carbons (Fsp3) is 0.625. The highest BCUT2D eigenvalue weighted by molar-refractivity contribution is 7.89. The third kappa shape index (κ3) is 7.02. The maximum absolute atomic E-state index is 13.3. The van der Waals surface area contributed by atoms with E-state index >= 15 is 0 Å². The smallest absolute Gasteiger partial charge is 0.326 e. The second-order valence-corrected chi connectivity index (χ2v) is 11.2. The maximum atomic E-state index is 13.3. The second-order valence-electron chi connectivity index (χ2n) is 9.47. The number of piperidine rings is 1. The van der Waals surface area contributed by atoms with E-state index in [-0.39, 0.29) is 28.5 Å². The van der Waals surface area contributed by atoms with Crippen molar-refractivity contribution in [2.45, 2.75) is 70.9 Å². The van der Waals surface area contributed by atoms with E-state index in [1.807, 2.05) is 20.8 Å². The normalized spacial score (nSPS) is 17.8. The predicted octanol–water partition coefficient (Wildman–Crippen LogP) is 2.15. The van der Waals surface area contributed by atoms with Gasteiger partial charge in [-0.3, -0.25) is 9.59 Å². The van der Waals surface area contributed by atoms with Crippen molar-refractivity contribution in [3.8, 4) is 0 Å². The molecule has 0 aromatic heterocycles. The molecule has 0 spiro atoms. The lowest BCUT2D eigenvalue weighted by atomic mass is 9.92. The van der Waals surface area contributed by atoms with Gasteiger partial charge in [-0.25, -0.2) is 13.2 Å². The molecular weight excluding hydrogens is 458 g/mol. The number of nitrogens with zero attached hydrogens (tertiary/aromatic N) is 1. The zero-order valence-corrected chi connectivity index (χ0v) is 21.4. The summed E-state index contributed by atoms with van der Waals surface area (Å²) >= 11 is 0. The second kappa shape index (κ2) is 11.8. The Labute approximate surface area is 202 Å². The molecule has 0 unspecified atom stereocenters. The Morgan fingerprint density at radius 2 is 1.62 bits per heavy atom. The molecule has 9 nitrogen and oxygen atoms in total. The SMILES string of the molecule is CC[C@H](C)[C@H](NS(=O)(=O)c1ccc(C)cc1)C(=O)N1CCC(C(=O)N[C@H](C(=O)O)C(C)C)CC1. The van der Waals surface area contributed by atoms with Crippen molar-refractivity contribution >= 4 is 27.8 Å². The highest BCUT2D eigenvalue weighted by Crippen LogP contribution is 2.22. The van der Waals surface area contributed by atoms with Crippen LogP contribution in [0.25, 0.3) is 0 Å². The van der Waals surface area contributed by atoms with Crippen molar-refractivity contribution in [2.75, 3.05) is 13.1 Å². The number of carboxylic acid groups (broad SMARTS) is 1. The summed E-state index contributed by atoms with van der Waals surface area (Å²) in [5.74, 6) is -2.58. The van der Waals surface area contributed by atoms with E-state index in [1.54, 1.807) is 30.9 Å². The summed E-state index contributed by atoms with van der Waals surface area (Å²) in [6.45, 7) is 9.66. The number of hydrogen-bond acceptors (Lipinski definition) is 5. The van der Waals surface area contributed by atoms with Gasteiger partial charge in [-0.2, -0.15) is 4.72 Å². The predicted molar refractivity (Wildman–Crippen MR) is 128 cm³/mol. The fourth-order valence-electron chi connectivity index (χ4n) is 3.94. The molecule has 190 valence electrons. The highest BCUT2D eigenvalue weighted by atomic mass is 32.2. The number of aryl methyl sites for hydroxylation is 1. The van der Waals surface area contributed by atoms with Crippen LogP contribution in [0, 0.1) is 24.7 Å². The molecule has 0 saturated carbocycles. The lowest BCUT2D eigenvalue weighted by Gasteiger charge is -2.35. The summed E-state index contributed by atoms with van der Waals surface area (Å²) < 4.78 is 28.5. The van der Waals surface area contributed by atoms with Crippen LogP contribution in [0.5, 0.6) is 0 Å². The Bertz CT molecular complexity index is 969. The quantitative estimate of drug-likeness (QED) is 0.456. The molecule has 2 amide bonds. The number of amides is 2. The maximum Gasteiger partial charge on any atom is 0.326 e. The van der Waals surface area contributed by atoms with Crippen LogP contribution in [0.3, 0.4) is 0 Å². The molecule has 0 radical (unpaired) electrons. The van der Waals surface area contributed by atoms with Crippen LogP contribution in [-0.2, 0) is 24.4 Å². The minimum atomic E-state index is -3.89. The third-order valence-electron chi connectivity index (χ3n) is 6.50. The molecule has 1 aliphatic rings. The molecule has 1 aliphatic heterocycles. The summed E-state index contributed by atoms with van der Waals surface area (Å²) in [5.41, 5.74) is 0.934. The zero-order valence-electron chi connectivity index (χ0n) is 20.6. The van der Waals surface area contributed by atoms with Crippen LogP contribution in [0.1, 0.15) is 52.5 Å². The number of carbonyl (C=O) groups excluding carboxylic acids is 2. The van der Waals surface area contributed by atoms with E-state index in [0.717, 1.165) is 5.56 Å². The van der Waals surface area contributed by atoms with Gasteiger partial charge in [0.05, 0.1) is 4.90 Å². The van der Waals surface area contributed by atoms with Gasteiger partial charge in [0.25, 0.3) is 0 Å². The van der Waals surface area contributed by atoms with Gasteiger partial charge >= 0.3 is 5.97 Å². The largest absolute Gasteiger partial charge is 0.480 e. The van der Waals surface area contributed by atoms with Crippen molar-refractivity contribution in [3.05, 3.63) is 29.8 Å². The van der Waals surface area contributed by atoms with Gasteiger partial charge in [0.1, 0.15) is 12.1 Å². The zero-order chi connectivity index (χ0) is 25.6. The molecule has 2 rings (SSSR count). The Balaban J connectivity index is 2.07. The van der Waals surface area contributed by atoms with Gasteiger partial charge in [-0.1, -0.05) is 51.8 Å². The average molecular weight is 496 g/mol. The van der Waals surface area contributed by atoms with Crippen LogP contribution in [-0.4, -0.2) is 61.4 Å². The third-order valence-corrected chi connectivity index (χ3v) is 7.96. The van der Waals surface area contributed by atoms with Crippen LogP contribution in [0.4, 0.5) is 0 Å². The van der Waals surface area contributed by atoms with E-state index < -0.39 is 34.0 Å². The molecule has 3 N–H and O–H groups in total. The first kappa shape index (κ1) is 27.8. The molecule has 1 fully saturated rings. The number of hydrogen-bond donors (Lipinski definition) is 3. The molecule has 1 aromatic rings. The lowest BCUT2D eigenvalue weighted by Crippen LogP contribution is -2.54. The summed E-state index contributed by atoms with van der Waals surface area (Å²) in [4.78, 5) is 39.0. The summed E-state index contributed by atoms with van der Waals surface area (Å²) in [5, 5.41) is 11.9. The highest BCUT2D eigenvalue weighted by Gasteiger charge is 2.36. The lowest BCUT2D eigenvalue weighted by molar-refractivity contribution is -0.144. The average Bonchev–Trinajstić information content (AvgIpc) is 2.79. The van der Waals surface area contributed by atoms with E-state index in [9.17, 15) is 27.9 Å². The van der Waals surface area contributed by atoms with Crippen LogP contribution >= 0.6 is 0 Å². The van der Waals surface area contributed by atoms with Crippen molar-refractivity contribution in [2.24, 2.45) is 17.8 Å². The van der Waals surface area contributed by atoms with Gasteiger partial charge in [-0.15, -0.1) is 0 Å². The first-order valence-electron chi connectivity index (χ1n) is 11.8. The minimum absolute atomic E-state index is 0.104. The number of likely N-dealkylation sites (tertiary alicyclic amines) is 1. The molecule has 3 atom stereocenters. The van der Waals surface area contributed by atoms with Crippen LogP contribution in [0.2, 0.25) is 0 Å². The molecule has 1 heterocycles. The molecule has 0 aliphatic carbocycles. The minimum Gasteiger partial charge on any atom is -0.480 e. The number of nitrogens with one attached hydrogen (secondary N) is 2. The van der Waals surface area contributed by atoms with Gasteiger partial charge in [0.2, 0.25) is 21.8 Å². The van der Waals surface area contributed by atoms with E-state index in [4.69, 9.17) is 0 Å². The Morgan fingerprint density at radius 3 is 2.09 bits per heavy atom. The number of rotatable bonds is 10.